The Balaban J connectivity index is 1.97. The molecule has 0 atom stereocenters. The molecule has 1 heterocycles. The molecule has 3 rings (SSSR count). The zero-order valence-electron chi connectivity index (χ0n) is 16.4. The number of aromatic nitrogens is 1. The third-order valence-electron chi connectivity index (χ3n) is 4.20. The highest BCUT2D eigenvalue weighted by Gasteiger charge is 2.13. The summed E-state index contributed by atoms with van der Waals surface area (Å²) in [6.07, 6.45) is 2.71. The lowest BCUT2D eigenvalue weighted by molar-refractivity contribution is -0.384. The van der Waals surface area contributed by atoms with Gasteiger partial charge in [0.15, 0.2) is 4.80 Å². The summed E-state index contributed by atoms with van der Waals surface area (Å²) in [6.45, 7) is 3.86. The number of thiazole rings is 1. The van der Waals surface area contributed by atoms with Gasteiger partial charge < -0.3 is 9.30 Å². The fourth-order valence-electron chi connectivity index (χ4n) is 2.92. The molecule has 0 N–H and O–H groups in total. The number of carbonyl (C=O) groups is 2. The van der Waals surface area contributed by atoms with Crippen LogP contribution in [0.5, 0.6) is 0 Å². The summed E-state index contributed by atoms with van der Waals surface area (Å²) in [6, 6.07) is 11.7. The third-order valence-corrected chi connectivity index (χ3v) is 5.24. The molecule has 8 nitrogen and oxygen atoms in total. The first-order chi connectivity index (χ1) is 14.4. The molecule has 1 aromatic heterocycles. The average Bonchev–Trinajstić information content (AvgIpc) is 3.05. The number of benzene rings is 2. The monoisotopic (exact) mass is 425 g/mol. The molecule has 1 amide bonds. The van der Waals surface area contributed by atoms with E-state index in [4.69, 9.17) is 4.74 Å². The van der Waals surface area contributed by atoms with Crippen molar-refractivity contribution in [2.75, 3.05) is 6.61 Å². The molecule has 0 spiro atoms. The van der Waals surface area contributed by atoms with Gasteiger partial charge in [-0.05, 0) is 37.1 Å². The van der Waals surface area contributed by atoms with Crippen molar-refractivity contribution in [2.24, 2.45) is 4.99 Å². The van der Waals surface area contributed by atoms with Gasteiger partial charge in [0.1, 0.15) is 6.54 Å². The van der Waals surface area contributed by atoms with E-state index in [0.717, 1.165) is 15.8 Å². The van der Waals surface area contributed by atoms with Crippen molar-refractivity contribution in [3.63, 3.8) is 0 Å². The van der Waals surface area contributed by atoms with Gasteiger partial charge in [0.05, 0.1) is 21.7 Å². The molecule has 0 aliphatic carbocycles. The molecule has 2 aromatic carbocycles. The zero-order valence-corrected chi connectivity index (χ0v) is 17.2. The molecule has 3 aromatic rings. The predicted octanol–water partition coefficient (Wildman–Crippen LogP) is 3.62. The van der Waals surface area contributed by atoms with Crippen LogP contribution in [0.4, 0.5) is 5.69 Å². The molecule has 0 bridgehead atoms. The highest BCUT2D eigenvalue weighted by atomic mass is 32.1. The van der Waals surface area contributed by atoms with Crippen LogP contribution in [0.2, 0.25) is 0 Å². The Morgan fingerprint density at radius 1 is 1.27 bits per heavy atom. The van der Waals surface area contributed by atoms with E-state index in [1.807, 2.05) is 25.1 Å². The second-order valence-electron chi connectivity index (χ2n) is 6.33. The van der Waals surface area contributed by atoms with E-state index in [1.165, 1.54) is 35.6 Å². The minimum atomic E-state index is -0.539. The Kier molecular flexibility index (Phi) is 6.53. The van der Waals surface area contributed by atoms with Crippen LogP contribution >= 0.6 is 11.3 Å². The lowest BCUT2D eigenvalue weighted by Crippen LogP contribution is -2.23. The molecule has 0 saturated heterocycles. The Hall–Kier alpha value is -3.59. The fraction of sp³-hybridized carbons (Fsp3) is 0.190. The van der Waals surface area contributed by atoms with Crippen LogP contribution < -0.4 is 4.80 Å². The summed E-state index contributed by atoms with van der Waals surface area (Å²) in [4.78, 5) is 39.4. The molecule has 0 radical (unpaired) electrons. The van der Waals surface area contributed by atoms with Crippen molar-refractivity contribution < 1.29 is 19.2 Å². The largest absolute Gasteiger partial charge is 0.465 e. The van der Waals surface area contributed by atoms with Crippen LogP contribution in [0, 0.1) is 17.0 Å². The number of nitro groups is 1. The fourth-order valence-corrected chi connectivity index (χ4v) is 4.03. The molecule has 30 heavy (non-hydrogen) atoms. The predicted molar refractivity (Wildman–Crippen MR) is 114 cm³/mol. The van der Waals surface area contributed by atoms with Crippen LogP contribution in [0.3, 0.4) is 0 Å². The molecule has 0 unspecified atom stereocenters. The number of nitro benzene ring substituents is 1. The number of amides is 1. The van der Waals surface area contributed by atoms with Crippen molar-refractivity contribution in [1.29, 1.82) is 0 Å². The van der Waals surface area contributed by atoms with E-state index in [-0.39, 0.29) is 18.8 Å². The highest BCUT2D eigenvalue weighted by Crippen LogP contribution is 2.21. The van der Waals surface area contributed by atoms with E-state index in [9.17, 15) is 19.7 Å². The van der Waals surface area contributed by atoms with Crippen molar-refractivity contribution >= 4 is 45.2 Å². The van der Waals surface area contributed by atoms with Gasteiger partial charge in [0, 0.05) is 18.2 Å². The number of esters is 1. The molecule has 0 aliphatic rings. The summed E-state index contributed by atoms with van der Waals surface area (Å²) in [5.41, 5.74) is 2.23. The number of aryl methyl sites for hydroxylation is 1. The summed E-state index contributed by atoms with van der Waals surface area (Å²) >= 11 is 1.30. The summed E-state index contributed by atoms with van der Waals surface area (Å²) in [5.74, 6) is -0.954. The Morgan fingerprint density at radius 3 is 2.77 bits per heavy atom. The van der Waals surface area contributed by atoms with Crippen molar-refractivity contribution in [1.82, 2.24) is 4.57 Å². The lowest BCUT2D eigenvalue weighted by atomic mass is 10.2. The number of para-hydroxylation sites is 1. The number of nitrogens with zero attached hydrogens (tertiary/aromatic N) is 3. The number of carbonyl (C=O) groups excluding carboxylic acids is 2. The van der Waals surface area contributed by atoms with Gasteiger partial charge in [-0.2, -0.15) is 4.99 Å². The van der Waals surface area contributed by atoms with Crippen molar-refractivity contribution in [2.45, 2.75) is 20.4 Å². The molecule has 0 aliphatic heterocycles. The second kappa shape index (κ2) is 9.27. The number of rotatable bonds is 6. The van der Waals surface area contributed by atoms with Gasteiger partial charge >= 0.3 is 5.97 Å². The van der Waals surface area contributed by atoms with Crippen LogP contribution in [-0.4, -0.2) is 28.0 Å². The van der Waals surface area contributed by atoms with Crippen LogP contribution in [0.15, 0.2) is 53.5 Å². The highest BCUT2D eigenvalue weighted by molar-refractivity contribution is 7.16. The first-order valence-electron chi connectivity index (χ1n) is 9.15. The van der Waals surface area contributed by atoms with E-state index in [0.29, 0.717) is 10.4 Å². The maximum Gasteiger partial charge on any atom is 0.326 e. The first kappa shape index (κ1) is 21.1. The minimum absolute atomic E-state index is 0.0561. The van der Waals surface area contributed by atoms with Gasteiger partial charge in [0.25, 0.3) is 11.6 Å². The van der Waals surface area contributed by atoms with Crippen LogP contribution in [-0.2, 0) is 20.9 Å². The maximum absolute atomic E-state index is 12.4. The molecule has 0 fully saturated rings. The summed E-state index contributed by atoms with van der Waals surface area (Å²) in [5, 5.41) is 10.9. The lowest BCUT2D eigenvalue weighted by Gasteiger charge is -2.06. The Labute approximate surface area is 175 Å². The van der Waals surface area contributed by atoms with E-state index in [1.54, 1.807) is 23.6 Å². The van der Waals surface area contributed by atoms with Gasteiger partial charge in [-0.3, -0.25) is 19.7 Å². The van der Waals surface area contributed by atoms with Crippen molar-refractivity contribution in [3.8, 4) is 0 Å². The van der Waals surface area contributed by atoms with Crippen molar-refractivity contribution in [3.05, 3.63) is 74.6 Å². The van der Waals surface area contributed by atoms with E-state index in [2.05, 4.69) is 4.99 Å². The van der Waals surface area contributed by atoms with E-state index >= 15 is 0 Å². The summed E-state index contributed by atoms with van der Waals surface area (Å²) < 4.78 is 7.62. The number of ether oxygens (including phenoxy) is 1. The second-order valence-corrected chi connectivity index (χ2v) is 7.34. The molecule has 9 heteroatoms. The standard InChI is InChI=1S/C21H19N3O5S/c1-3-29-19(26)13-23-20-14(2)6-4-9-17(20)30-21(23)22-18(25)11-10-15-7-5-8-16(12-15)24(27)28/h4-12H,3,13H2,1-2H3. The molecular weight excluding hydrogens is 406 g/mol. The van der Waals surface area contributed by atoms with Gasteiger partial charge in [-0.1, -0.05) is 35.6 Å². The number of hydrogen-bond donors (Lipinski definition) is 0. The van der Waals surface area contributed by atoms with Crippen LogP contribution in [0.1, 0.15) is 18.1 Å². The average molecular weight is 425 g/mol. The van der Waals surface area contributed by atoms with Crippen LogP contribution in [0.25, 0.3) is 16.3 Å². The zero-order chi connectivity index (χ0) is 21.7. The smallest absolute Gasteiger partial charge is 0.326 e. The number of fused-ring (bicyclic) bond motifs is 1. The van der Waals surface area contributed by atoms with Gasteiger partial charge in [-0.15, -0.1) is 0 Å². The topological polar surface area (TPSA) is 104 Å². The SMILES string of the molecule is CCOC(=O)Cn1c(=NC(=O)C=Cc2cccc([N+](=O)[O-])c2)sc2cccc(C)c21. The maximum atomic E-state index is 12.4. The molecule has 154 valence electrons. The minimum Gasteiger partial charge on any atom is -0.465 e. The molecule has 0 saturated carbocycles. The first-order valence-corrected chi connectivity index (χ1v) is 9.96. The number of hydrogen-bond acceptors (Lipinski definition) is 6. The Bertz CT molecular complexity index is 1220. The van der Waals surface area contributed by atoms with Gasteiger partial charge in [0.2, 0.25) is 0 Å². The molecular formula is C21H19N3O5S. The van der Waals surface area contributed by atoms with Gasteiger partial charge in [-0.25, -0.2) is 0 Å². The number of non-ortho nitro benzene ring substituents is 1. The third kappa shape index (κ3) is 4.87. The quantitative estimate of drug-likeness (QED) is 0.260. The normalized spacial score (nSPS) is 11.9. The Morgan fingerprint density at radius 2 is 2.03 bits per heavy atom. The van der Waals surface area contributed by atoms with E-state index < -0.39 is 16.8 Å². The summed E-state index contributed by atoms with van der Waals surface area (Å²) in [7, 11) is 0.